The summed E-state index contributed by atoms with van der Waals surface area (Å²) in [6.45, 7) is 2.61. The molecule has 3 rings (SSSR count). The van der Waals surface area contributed by atoms with Gasteiger partial charge in [-0.3, -0.25) is 4.79 Å². The minimum atomic E-state index is 0.00892. The van der Waals surface area contributed by atoms with E-state index in [4.69, 9.17) is 0 Å². The summed E-state index contributed by atoms with van der Waals surface area (Å²) in [6, 6.07) is 16.1. The highest BCUT2D eigenvalue weighted by Crippen LogP contribution is 2.23. The maximum atomic E-state index is 12.0. The molecule has 0 bridgehead atoms. The maximum absolute atomic E-state index is 12.0. The predicted octanol–water partition coefficient (Wildman–Crippen LogP) is 3.46. The van der Waals surface area contributed by atoms with E-state index in [0.717, 1.165) is 20.8 Å². The number of fused-ring (bicyclic) bond motifs is 1. The van der Waals surface area contributed by atoms with Crippen LogP contribution in [0.25, 0.3) is 10.2 Å². The lowest BCUT2D eigenvalue weighted by Crippen LogP contribution is -2.24. The van der Waals surface area contributed by atoms with Gasteiger partial charge in [-0.25, -0.2) is 4.98 Å². The molecule has 1 amide bonds. The molecule has 0 aliphatic heterocycles. The molecular weight excluding hydrogens is 280 g/mol. The second kappa shape index (κ2) is 6.06. The summed E-state index contributed by atoms with van der Waals surface area (Å²) in [4.78, 5) is 16.5. The van der Waals surface area contributed by atoms with Crippen molar-refractivity contribution in [3.63, 3.8) is 0 Å². The minimum absolute atomic E-state index is 0.00892. The summed E-state index contributed by atoms with van der Waals surface area (Å²) in [6.07, 6.45) is 0.339. The Morgan fingerprint density at radius 1 is 1.19 bits per heavy atom. The Hall–Kier alpha value is -2.20. The molecule has 0 spiro atoms. The standard InChI is InChI=1S/C17H16N2OS/c1-12-7-8-15-14(9-12)19-17(21-15)10-16(20)18-11-13-5-3-2-4-6-13/h2-9H,10-11H2,1H3,(H,18,20). The molecule has 0 aliphatic carbocycles. The molecule has 0 aliphatic rings. The van der Waals surface area contributed by atoms with E-state index < -0.39 is 0 Å². The van der Waals surface area contributed by atoms with Gasteiger partial charge in [0.15, 0.2) is 0 Å². The van der Waals surface area contributed by atoms with Gasteiger partial charge in [0.25, 0.3) is 0 Å². The average Bonchev–Trinajstić information content (AvgIpc) is 2.87. The number of carbonyl (C=O) groups excluding carboxylic acids is 1. The number of benzene rings is 2. The molecular formula is C17H16N2OS. The number of hydrogen-bond acceptors (Lipinski definition) is 3. The lowest BCUT2D eigenvalue weighted by Gasteiger charge is -2.03. The Bertz CT molecular complexity index is 765. The van der Waals surface area contributed by atoms with Gasteiger partial charge in [0.05, 0.1) is 16.6 Å². The Balaban J connectivity index is 1.63. The smallest absolute Gasteiger partial charge is 0.227 e. The Kier molecular flexibility index (Phi) is 3.97. The third-order valence-corrected chi connectivity index (χ3v) is 4.27. The molecule has 0 saturated carbocycles. The predicted molar refractivity (Wildman–Crippen MR) is 86.3 cm³/mol. The second-order valence-electron chi connectivity index (χ2n) is 5.02. The van der Waals surface area contributed by atoms with Gasteiger partial charge in [-0.15, -0.1) is 11.3 Å². The van der Waals surface area contributed by atoms with Crippen molar-refractivity contribution in [2.24, 2.45) is 0 Å². The molecule has 3 nitrogen and oxygen atoms in total. The summed E-state index contributed by atoms with van der Waals surface area (Å²) < 4.78 is 1.13. The first-order chi connectivity index (χ1) is 10.2. The topological polar surface area (TPSA) is 42.0 Å². The molecule has 21 heavy (non-hydrogen) atoms. The Morgan fingerprint density at radius 3 is 2.81 bits per heavy atom. The quantitative estimate of drug-likeness (QED) is 0.801. The molecule has 3 aromatic rings. The van der Waals surface area contributed by atoms with Crippen molar-refractivity contribution >= 4 is 27.5 Å². The van der Waals surface area contributed by atoms with Crippen LogP contribution in [0.1, 0.15) is 16.1 Å². The molecule has 1 heterocycles. The molecule has 0 unspecified atom stereocenters. The fraction of sp³-hybridized carbons (Fsp3) is 0.176. The first kappa shape index (κ1) is 13.8. The minimum Gasteiger partial charge on any atom is -0.352 e. The van der Waals surface area contributed by atoms with Crippen LogP contribution in [0.5, 0.6) is 0 Å². The molecule has 0 atom stereocenters. The van der Waals surface area contributed by atoms with E-state index in [2.05, 4.69) is 28.5 Å². The van der Waals surface area contributed by atoms with Crippen molar-refractivity contribution < 1.29 is 4.79 Å². The SMILES string of the molecule is Cc1ccc2sc(CC(=O)NCc3ccccc3)nc2c1. The van der Waals surface area contributed by atoms with Crippen LogP contribution in [-0.4, -0.2) is 10.9 Å². The molecule has 4 heteroatoms. The summed E-state index contributed by atoms with van der Waals surface area (Å²) in [7, 11) is 0. The number of thiazole rings is 1. The molecule has 1 aromatic heterocycles. The van der Waals surface area contributed by atoms with Crippen LogP contribution in [0.2, 0.25) is 0 Å². The summed E-state index contributed by atoms with van der Waals surface area (Å²) >= 11 is 1.58. The first-order valence-electron chi connectivity index (χ1n) is 6.87. The van der Waals surface area contributed by atoms with Crippen LogP contribution in [0.3, 0.4) is 0 Å². The fourth-order valence-corrected chi connectivity index (χ4v) is 3.10. The molecule has 2 aromatic carbocycles. The van der Waals surface area contributed by atoms with Gasteiger partial charge in [0.1, 0.15) is 5.01 Å². The number of aryl methyl sites for hydroxylation is 1. The van der Waals surface area contributed by atoms with Crippen molar-refractivity contribution in [3.05, 3.63) is 64.7 Å². The summed E-state index contributed by atoms with van der Waals surface area (Å²) in [5.41, 5.74) is 3.27. The van der Waals surface area contributed by atoms with E-state index >= 15 is 0 Å². The fourth-order valence-electron chi connectivity index (χ4n) is 2.16. The number of nitrogens with one attached hydrogen (secondary N) is 1. The van der Waals surface area contributed by atoms with Crippen LogP contribution in [0.4, 0.5) is 0 Å². The van der Waals surface area contributed by atoms with E-state index in [1.807, 2.05) is 37.3 Å². The molecule has 1 N–H and O–H groups in total. The van der Waals surface area contributed by atoms with E-state index in [9.17, 15) is 4.79 Å². The molecule has 0 radical (unpaired) electrons. The third kappa shape index (κ3) is 3.47. The van der Waals surface area contributed by atoms with Crippen molar-refractivity contribution in [2.75, 3.05) is 0 Å². The number of aromatic nitrogens is 1. The van der Waals surface area contributed by atoms with Gasteiger partial charge in [0, 0.05) is 6.54 Å². The zero-order valence-corrected chi connectivity index (χ0v) is 12.6. The van der Waals surface area contributed by atoms with Gasteiger partial charge >= 0.3 is 0 Å². The first-order valence-corrected chi connectivity index (χ1v) is 7.69. The van der Waals surface area contributed by atoms with Crippen molar-refractivity contribution in [3.8, 4) is 0 Å². The van der Waals surface area contributed by atoms with Gasteiger partial charge in [-0.05, 0) is 30.2 Å². The molecule has 0 fully saturated rings. The van der Waals surface area contributed by atoms with Crippen LogP contribution >= 0.6 is 11.3 Å². The summed E-state index contributed by atoms with van der Waals surface area (Å²) in [5, 5.41) is 3.79. The van der Waals surface area contributed by atoms with E-state index in [-0.39, 0.29) is 5.91 Å². The highest BCUT2D eigenvalue weighted by Gasteiger charge is 2.09. The number of nitrogens with zero attached hydrogens (tertiary/aromatic N) is 1. The lowest BCUT2D eigenvalue weighted by atomic mass is 10.2. The van der Waals surface area contributed by atoms with Crippen LogP contribution in [0.15, 0.2) is 48.5 Å². The maximum Gasteiger partial charge on any atom is 0.227 e. The molecule has 0 saturated heterocycles. The van der Waals surface area contributed by atoms with Gasteiger partial charge < -0.3 is 5.32 Å². The van der Waals surface area contributed by atoms with E-state index in [1.165, 1.54) is 5.56 Å². The van der Waals surface area contributed by atoms with Crippen molar-refractivity contribution in [2.45, 2.75) is 19.9 Å². The van der Waals surface area contributed by atoms with E-state index in [0.29, 0.717) is 13.0 Å². The normalized spacial score (nSPS) is 10.7. The number of amides is 1. The third-order valence-electron chi connectivity index (χ3n) is 3.23. The average molecular weight is 296 g/mol. The largest absolute Gasteiger partial charge is 0.352 e. The van der Waals surface area contributed by atoms with Crippen molar-refractivity contribution in [1.29, 1.82) is 0 Å². The number of hydrogen-bond donors (Lipinski definition) is 1. The number of rotatable bonds is 4. The Morgan fingerprint density at radius 2 is 2.00 bits per heavy atom. The van der Waals surface area contributed by atoms with Gasteiger partial charge in [0.2, 0.25) is 5.91 Å². The lowest BCUT2D eigenvalue weighted by molar-refractivity contribution is -0.120. The number of carbonyl (C=O) groups is 1. The zero-order valence-electron chi connectivity index (χ0n) is 11.8. The monoisotopic (exact) mass is 296 g/mol. The summed E-state index contributed by atoms with van der Waals surface area (Å²) in [5.74, 6) is 0.00892. The van der Waals surface area contributed by atoms with Crippen LogP contribution in [-0.2, 0) is 17.8 Å². The molecule has 106 valence electrons. The van der Waals surface area contributed by atoms with Crippen molar-refractivity contribution in [1.82, 2.24) is 10.3 Å². The van der Waals surface area contributed by atoms with Crippen LogP contribution in [0, 0.1) is 6.92 Å². The van der Waals surface area contributed by atoms with Gasteiger partial charge in [-0.1, -0.05) is 36.4 Å². The van der Waals surface area contributed by atoms with Gasteiger partial charge in [-0.2, -0.15) is 0 Å². The second-order valence-corrected chi connectivity index (χ2v) is 6.13. The highest BCUT2D eigenvalue weighted by molar-refractivity contribution is 7.18. The highest BCUT2D eigenvalue weighted by atomic mass is 32.1. The van der Waals surface area contributed by atoms with Crippen LogP contribution < -0.4 is 5.32 Å². The zero-order chi connectivity index (χ0) is 14.7. The Labute approximate surface area is 127 Å². The van der Waals surface area contributed by atoms with E-state index in [1.54, 1.807) is 11.3 Å².